The Balaban J connectivity index is 0.000000365. The summed E-state index contributed by atoms with van der Waals surface area (Å²) in [7, 11) is 1.81. The molecule has 0 spiro atoms. The number of nitrogens with zero attached hydrogens (tertiary/aromatic N) is 2. The van der Waals surface area contributed by atoms with Gasteiger partial charge in [-0.15, -0.1) is 0 Å². The average Bonchev–Trinajstić information content (AvgIpc) is 3.57. The van der Waals surface area contributed by atoms with Gasteiger partial charge in [-0.2, -0.15) is 0 Å². The smallest absolute Gasteiger partial charge is 0.125 e. The lowest BCUT2D eigenvalue weighted by Crippen LogP contribution is -2.27. The summed E-state index contributed by atoms with van der Waals surface area (Å²) in [5.41, 5.74) is 12.7. The molecular weight excluding hydrogens is 406 g/mol. The molecule has 0 bridgehead atoms. The first kappa shape index (κ1) is 27.5. The molecule has 1 aliphatic heterocycles. The zero-order valence-electron chi connectivity index (χ0n) is 20.5. The number of benzene rings is 1. The van der Waals surface area contributed by atoms with Crippen molar-refractivity contribution in [3.05, 3.63) is 46.1 Å². The van der Waals surface area contributed by atoms with Gasteiger partial charge in [0.2, 0.25) is 0 Å². The number of aliphatic imine (C=N–C) groups is 1. The second-order valence-electron chi connectivity index (χ2n) is 8.09. The van der Waals surface area contributed by atoms with E-state index in [1.807, 2.05) is 38.1 Å². The molecule has 2 unspecified atom stereocenters. The Morgan fingerprint density at radius 2 is 1.90 bits per heavy atom. The second kappa shape index (κ2) is 15.3. The van der Waals surface area contributed by atoms with Gasteiger partial charge in [0.25, 0.3) is 0 Å². The van der Waals surface area contributed by atoms with E-state index in [1.54, 1.807) is 7.05 Å². The third-order valence-corrected chi connectivity index (χ3v) is 5.70. The standard InChI is InChI=1S/C16H22ClN3.C7H16N2.C2H6/c1-19-16(13-8-3-2-4-10-15(13)18)20-11-12-7-5-6-9-14(12)17;1-4-5-9-7(8-9)6(2)3;1-2/h5-7,9H,2-4,8,10-11,18H2,1H3,(H,19,20);6-8H,4-5H2,1-3H3;1-2H3. The van der Waals surface area contributed by atoms with Crippen LogP contribution in [0, 0.1) is 5.92 Å². The highest BCUT2D eigenvalue weighted by molar-refractivity contribution is 6.31. The van der Waals surface area contributed by atoms with Gasteiger partial charge in [-0.25, -0.2) is 10.4 Å². The van der Waals surface area contributed by atoms with E-state index in [-0.39, 0.29) is 0 Å². The molecule has 2 aliphatic rings. The Morgan fingerprint density at radius 3 is 2.48 bits per heavy atom. The van der Waals surface area contributed by atoms with Gasteiger partial charge in [-0.1, -0.05) is 70.8 Å². The minimum absolute atomic E-state index is 0.670. The van der Waals surface area contributed by atoms with Gasteiger partial charge in [0, 0.05) is 36.4 Å². The third kappa shape index (κ3) is 9.63. The molecule has 176 valence electrons. The molecule has 1 aliphatic carbocycles. The summed E-state index contributed by atoms with van der Waals surface area (Å²) >= 11 is 6.17. The van der Waals surface area contributed by atoms with Crippen molar-refractivity contribution in [1.29, 1.82) is 0 Å². The van der Waals surface area contributed by atoms with Gasteiger partial charge in [-0.3, -0.25) is 4.99 Å². The molecule has 3 rings (SSSR count). The zero-order valence-corrected chi connectivity index (χ0v) is 21.2. The Morgan fingerprint density at radius 1 is 1.23 bits per heavy atom. The molecule has 0 saturated carbocycles. The quantitative estimate of drug-likeness (QED) is 0.289. The molecule has 1 aromatic rings. The normalized spacial score (nSPS) is 20.8. The first-order valence-electron chi connectivity index (χ1n) is 11.9. The van der Waals surface area contributed by atoms with Crippen LogP contribution in [-0.2, 0) is 6.54 Å². The molecule has 1 heterocycles. The minimum atomic E-state index is 0.670. The Hall–Kier alpha value is -1.56. The minimum Gasteiger partial charge on any atom is -0.402 e. The Bertz CT molecular complexity index is 699. The monoisotopic (exact) mass is 449 g/mol. The van der Waals surface area contributed by atoms with Gasteiger partial charge < -0.3 is 11.1 Å². The Labute approximate surface area is 195 Å². The topological polar surface area (TPSA) is 75.4 Å². The molecule has 2 atom stereocenters. The van der Waals surface area contributed by atoms with Crippen molar-refractivity contribution in [3.63, 3.8) is 0 Å². The number of hydrogen-bond acceptors (Lipinski definition) is 4. The maximum absolute atomic E-state index is 6.19. The largest absolute Gasteiger partial charge is 0.402 e. The number of hydrazine groups is 1. The molecular formula is C25H44ClN5. The van der Waals surface area contributed by atoms with Crippen molar-refractivity contribution in [2.75, 3.05) is 13.6 Å². The second-order valence-corrected chi connectivity index (χ2v) is 8.50. The lowest BCUT2D eigenvalue weighted by molar-refractivity contribution is 0.434. The Kier molecular flexibility index (Phi) is 13.5. The lowest BCUT2D eigenvalue weighted by Gasteiger charge is -2.15. The van der Waals surface area contributed by atoms with Crippen LogP contribution < -0.4 is 16.5 Å². The summed E-state index contributed by atoms with van der Waals surface area (Å²) in [6, 6.07) is 7.85. The van der Waals surface area contributed by atoms with Crippen LogP contribution in [0.25, 0.3) is 0 Å². The first-order chi connectivity index (χ1) is 15.0. The number of hydrogen-bond donors (Lipinski definition) is 3. The van der Waals surface area contributed by atoms with E-state index in [2.05, 4.69) is 41.5 Å². The number of amidine groups is 1. The molecule has 0 aromatic heterocycles. The van der Waals surface area contributed by atoms with Gasteiger partial charge in [-0.05, 0) is 49.7 Å². The van der Waals surface area contributed by atoms with E-state index in [4.69, 9.17) is 17.3 Å². The highest BCUT2D eigenvalue weighted by Crippen LogP contribution is 2.22. The fraction of sp³-hybridized carbons (Fsp3) is 0.640. The van der Waals surface area contributed by atoms with E-state index in [1.165, 1.54) is 37.8 Å². The van der Waals surface area contributed by atoms with Crippen LogP contribution in [0.3, 0.4) is 0 Å². The van der Waals surface area contributed by atoms with Gasteiger partial charge in [0.15, 0.2) is 0 Å². The fourth-order valence-electron chi connectivity index (χ4n) is 3.61. The SMILES string of the molecule is CC.CCCN1NC1C(C)C.CN=C(NCc1ccccc1Cl)C1=C(N)CCCCC1. The highest BCUT2D eigenvalue weighted by Gasteiger charge is 2.34. The lowest BCUT2D eigenvalue weighted by atomic mass is 10.1. The predicted molar refractivity (Wildman–Crippen MR) is 136 cm³/mol. The van der Waals surface area contributed by atoms with Crippen molar-refractivity contribution in [3.8, 4) is 0 Å². The van der Waals surface area contributed by atoms with E-state index < -0.39 is 0 Å². The van der Waals surface area contributed by atoms with Crippen LogP contribution in [0.15, 0.2) is 40.5 Å². The van der Waals surface area contributed by atoms with Crippen LogP contribution in [0.5, 0.6) is 0 Å². The maximum Gasteiger partial charge on any atom is 0.125 e. The van der Waals surface area contributed by atoms with Crippen LogP contribution in [0.4, 0.5) is 0 Å². The maximum atomic E-state index is 6.19. The molecule has 1 fully saturated rings. The fourth-order valence-corrected chi connectivity index (χ4v) is 3.81. The van der Waals surface area contributed by atoms with Gasteiger partial charge >= 0.3 is 0 Å². The number of halogens is 1. The number of rotatable bonds is 6. The predicted octanol–water partition coefficient (Wildman–Crippen LogP) is 5.86. The molecule has 4 N–H and O–H groups in total. The molecule has 6 heteroatoms. The van der Waals surface area contributed by atoms with Crippen LogP contribution in [0.2, 0.25) is 5.02 Å². The van der Waals surface area contributed by atoms with Crippen molar-refractivity contribution >= 4 is 17.4 Å². The molecule has 1 aromatic carbocycles. The third-order valence-electron chi connectivity index (χ3n) is 5.34. The summed E-state index contributed by atoms with van der Waals surface area (Å²) < 4.78 is 0. The molecule has 5 nitrogen and oxygen atoms in total. The summed E-state index contributed by atoms with van der Waals surface area (Å²) in [6.07, 6.45) is 7.50. The average molecular weight is 450 g/mol. The van der Waals surface area contributed by atoms with E-state index in [0.717, 1.165) is 40.9 Å². The summed E-state index contributed by atoms with van der Waals surface area (Å²) in [4.78, 5) is 4.37. The number of allylic oxidation sites excluding steroid dienone is 1. The zero-order chi connectivity index (χ0) is 23.2. The van der Waals surface area contributed by atoms with E-state index in [0.29, 0.717) is 12.7 Å². The van der Waals surface area contributed by atoms with Crippen LogP contribution in [-0.4, -0.2) is 30.6 Å². The summed E-state index contributed by atoms with van der Waals surface area (Å²) in [6.45, 7) is 12.6. The van der Waals surface area contributed by atoms with Crippen LogP contribution in [0.1, 0.15) is 78.7 Å². The molecule has 0 radical (unpaired) electrons. The molecule has 31 heavy (non-hydrogen) atoms. The molecule has 1 saturated heterocycles. The van der Waals surface area contributed by atoms with E-state index >= 15 is 0 Å². The molecule has 0 amide bonds. The van der Waals surface area contributed by atoms with Crippen LogP contribution >= 0.6 is 11.6 Å². The summed E-state index contributed by atoms with van der Waals surface area (Å²) in [5, 5.41) is 6.45. The van der Waals surface area contributed by atoms with Crippen molar-refractivity contribution in [2.24, 2.45) is 16.6 Å². The number of nitrogens with one attached hydrogen (secondary N) is 2. The van der Waals surface area contributed by atoms with Crippen molar-refractivity contribution < 1.29 is 0 Å². The number of nitrogens with two attached hydrogens (primary N) is 1. The van der Waals surface area contributed by atoms with E-state index in [9.17, 15) is 0 Å². The van der Waals surface area contributed by atoms with Crippen molar-refractivity contribution in [1.82, 2.24) is 15.8 Å². The summed E-state index contributed by atoms with van der Waals surface area (Å²) in [5.74, 6) is 1.67. The van der Waals surface area contributed by atoms with Crippen molar-refractivity contribution in [2.45, 2.75) is 85.9 Å². The first-order valence-corrected chi connectivity index (χ1v) is 12.3. The van der Waals surface area contributed by atoms with Gasteiger partial charge in [0.1, 0.15) is 5.84 Å². The highest BCUT2D eigenvalue weighted by atomic mass is 35.5. The van der Waals surface area contributed by atoms with Gasteiger partial charge in [0.05, 0.1) is 6.17 Å².